The molecular formula is C15H31N3O. The smallest absolute Gasteiger partial charge is 0.237 e. The van der Waals surface area contributed by atoms with Crippen LogP contribution in [0.4, 0.5) is 0 Å². The van der Waals surface area contributed by atoms with Crippen LogP contribution in [0.2, 0.25) is 0 Å². The van der Waals surface area contributed by atoms with E-state index in [1.54, 1.807) is 0 Å². The quantitative estimate of drug-likeness (QED) is 0.815. The van der Waals surface area contributed by atoms with E-state index in [1.165, 1.54) is 0 Å². The van der Waals surface area contributed by atoms with Crippen LogP contribution in [0.15, 0.2) is 0 Å². The molecule has 4 nitrogen and oxygen atoms in total. The molecule has 0 radical (unpaired) electrons. The van der Waals surface area contributed by atoms with Crippen LogP contribution in [-0.4, -0.2) is 48.6 Å². The van der Waals surface area contributed by atoms with Gasteiger partial charge in [0.25, 0.3) is 0 Å². The maximum atomic E-state index is 12.4. The van der Waals surface area contributed by atoms with Gasteiger partial charge in [0.1, 0.15) is 0 Å². The SMILES string of the molecule is CC(C(=O)NC(C)(C)CC(C)(C)C)N1CCNCC1. The molecule has 0 aromatic heterocycles. The molecule has 1 unspecified atom stereocenters. The van der Waals surface area contributed by atoms with Crippen LogP contribution < -0.4 is 10.6 Å². The average molecular weight is 269 g/mol. The molecule has 0 saturated carbocycles. The van der Waals surface area contributed by atoms with Gasteiger partial charge in [-0.1, -0.05) is 20.8 Å². The lowest BCUT2D eigenvalue weighted by molar-refractivity contribution is -0.128. The van der Waals surface area contributed by atoms with Crippen molar-refractivity contribution in [3.8, 4) is 0 Å². The molecule has 0 aromatic carbocycles. The molecule has 1 rings (SSSR count). The maximum absolute atomic E-state index is 12.4. The van der Waals surface area contributed by atoms with Gasteiger partial charge in [0.2, 0.25) is 5.91 Å². The summed E-state index contributed by atoms with van der Waals surface area (Å²) in [7, 11) is 0. The van der Waals surface area contributed by atoms with E-state index >= 15 is 0 Å². The lowest BCUT2D eigenvalue weighted by atomic mass is 9.81. The molecule has 1 fully saturated rings. The number of hydrogen-bond donors (Lipinski definition) is 2. The summed E-state index contributed by atoms with van der Waals surface area (Å²) in [5.74, 6) is 0.149. The molecule has 4 heteroatoms. The van der Waals surface area contributed by atoms with E-state index in [4.69, 9.17) is 0 Å². The zero-order chi connectivity index (χ0) is 14.7. The summed E-state index contributed by atoms with van der Waals surface area (Å²) in [4.78, 5) is 14.6. The number of carbonyl (C=O) groups is 1. The van der Waals surface area contributed by atoms with E-state index in [0.717, 1.165) is 32.6 Å². The highest BCUT2D eigenvalue weighted by atomic mass is 16.2. The van der Waals surface area contributed by atoms with E-state index in [9.17, 15) is 4.79 Å². The van der Waals surface area contributed by atoms with Crippen LogP contribution in [0.25, 0.3) is 0 Å². The third-order valence-electron chi connectivity index (χ3n) is 3.51. The van der Waals surface area contributed by atoms with E-state index in [0.29, 0.717) is 0 Å². The lowest BCUT2D eigenvalue weighted by Crippen LogP contribution is -2.56. The topological polar surface area (TPSA) is 44.4 Å². The third kappa shape index (κ3) is 5.91. The number of piperazine rings is 1. The van der Waals surface area contributed by atoms with Gasteiger partial charge in [0.15, 0.2) is 0 Å². The summed E-state index contributed by atoms with van der Waals surface area (Å²) < 4.78 is 0. The number of nitrogens with zero attached hydrogens (tertiary/aromatic N) is 1. The molecule has 112 valence electrons. The zero-order valence-electron chi connectivity index (χ0n) is 13.5. The van der Waals surface area contributed by atoms with Crippen molar-refractivity contribution < 1.29 is 4.79 Å². The number of hydrogen-bond acceptors (Lipinski definition) is 3. The second kappa shape index (κ2) is 6.23. The fourth-order valence-corrected chi connectivity index (χ4v) is 3.04. The van der Waals surface area contributed by atoms with Gasteiger partial charge in [-0.2, -0.15) is 0 Å². The Balaban J connectivity index is 2.52. The molecule has 0 aliphatic carbocycles. The van der Waals surface area contributed by atoms with Crippen molar-refractivity contribution in [2.24, 2.45) is 5.41 Å². The monoisotopic (exact) mass is 269 g/mol. The summed E-state index contributed by atoms with van der Waals surface area (Å²) in [5.41, 5.74) is 0.0622. The predicted molar refractivity (Wildman–Crippen MR) is 80.2 cm³/mol. The van der Waals surface area contributed by atoms with Crippen molar-refractivity contribution in [2.45, 2.75) is 59.5 Å². The van der Waals surface area contributed by atoms with Crippen molar-refractivity contribution in [3.63, 3.8) is 0 Å². The fourth-order valence-electron chi connectivity index (χ4n) is 3.04. The van der Waals surface area contributed by atoms with Crippen LogP contribution in [-0.2, 0) is 4.79 Å². The largest absolute Gasteiger partial charge is 0.350 e. The van der Waals surface area contributed by atoms with Crippen LogP contribution in [0.5, 0.6) is 0 Å². The molecule has 0 aromatic rings. The third-order valence-corrected chi connectivity index (χ3v) is 3.51. The summed E-state index contributed by atoms with van der Waals surface area (Å²) >= 11 is 0. The molecule has 0 bridgehead atoms. The number of carbonyl (C=O) groups excluding carboxylic acids is 1. The summed E-state index contributed by atoms with van der Waals surface area (Å²) in [6, 6.07) is -0.0404. The Kier molecular flexibility index (Phi) is 5.39. The maximum Gasteiger partial charge on any atom is 0.237 e. The van der Waals surface area contributed by atoms with Gasteiger partial charge in [-0.15, -0.1) is 0 Å². The Hall–Kier alpha value is -0.610. The first-order valence-corrected chi connectivity index (χ1v) is 7.38. The van der Waals surface area contributed by atoms with Crippen molar-refractivity contribution in [1.29, 1.82) is 0 Å². The molecule has 1 aliphatic heterocycles. The summed E-state index contributed by atoms with van der Waals surface area (Å²) in [5, 5.41) is 6.52. The van der Waals surface area contributed by atoms with E-state index in [-0.39, 0.29) is 22.9 Å². The second-order valence-corrected chi connectivity index (χ2v) is 7.57. The normalized spacial score (nSPS) is 20.1. The standard InChI is InChI=1S/C15H31N3O/c1-12(18-9-7-16-8-10-18)13(19)17-15(5,6)11-14(2,3)4/h12,16H,7-11H2,1-6H3,(H,17,19). The minimum absolute atomic E-state index is 0.0404. The molecule has 19 heavy (non-hydrogen) atoms. The van der Waals surface area contributed by atoms with Crippen molar-refractivity contribution >= 4 is 5.91 Å². The van der Waals surface area contributed by atoms with E-state index in [2.05, 4.69) is 50.2 Å². The predicted octanol–water partition coefficient (Wildman–Crippen LogP) is 1.61. The molecule has 1 amide bonds. The lowest BCUT2D eigenvalue weighted by Gasteiger charge is -2.37. The molecule has 1 saturated heterocycles. The Morgan fingerprint density at radius 2 is 1.74 bits per heavy atom. The van der Waals surface area contributed by atoms with Crippen molar-refractivity contribution in [1.82, 2.24) is 15.5 Å². The van der Waals surface area contributed by atoms with E-state index in [1.807, 2.05) is 6.92 Å². The van der Waals surface area contributed by atoms with Gasteiger partial charge < -0.3 is 10.6 Å². The second-order valence-electron chi connectivity index (χ2n) is 7.57. The molecule has 1 atom stereocenters. The number of amides is 1. The van der Waals surface area contributed by atoms with Crippen LogP contribution in [0.3, 0.4) is 0 Å². The Morgan fingerprint density at radius 1 is 1.21 bits per heavy atom. The van der Waals surface area contributed by atoms with Crippen molar-refractivity contribution in [2.75, 3.05) is 26.2 Å². The highest BCUT2D eigenvalue weighted by Gasteiger charge is 2.30. The molecule has 0 spiro atoms. The van der Waals surface area contributed by atoms with Crippen LogP contribution in [0, 0.1) is 5.41 Å². The van der Waals surface area contributed by atoms with Gasteiger partial charge in [-0.3, -0.25) is 9.69 Å². The first kappa shape index (κ1) is 16.4. The highest BCUT2D eigenvalue weighted by Crippen LogP contribution is 2.26. The average Bonchev–Trinajstić information content (AvgIpc) is 2.25. The Bertz CT molecular complexity index is 301. The summed E-state index contributed by atoms with van der Waals surface area (Å²) in [6.45, 7) is 16.7. The minimum Gasteiger partial charge on any atom is -0.350 e. The van der Waals surface area contributed by atoms with Gasteiger partial charge in [-0.25, -0.2) is 0 Å². The zero-order valence-corrected chi connectivity index (χ0v) is 13.5. The van der Waals surface area contributed by atoms with Gasteiger partial charge in [0.05, 0.1) is 6.04 Å². The highest BCUT2D eigenvalue weighted by molar-refractivity contribution is 5.82. The van der Waals surface area contributed by atoms with Gasteiger partial charge in [0, 0.05) is 31.7 Å². The number of nitrogens with one attached hydrogen (secondary N) is 2. The molecule has 1 heterocycles. The minimum atomic E-state index is -0.155. The van der Waals surface area contributed by atoms with Gasteiger partial charge in [-0.05, 0) is 32.6 Å². The van der Waals surface area contributed by atoms with Crippen LogP contribution in [0.1, 0.15) is 48.0 Å². The Labute approximate surface area is 118 Å². The molecule has 1 aliphatic rings. The van der Waals surface area contributed by atoms with Crippen LogP contribution >= 0.6 is 0 Å². The summed E-state index contributed by atoms with van der Waals surface area (Å²) in [6.07, 6.45) is 0.972. The first-order valence-electron chi connectivity index (χ1n) is 7.38. The first-order chi connectivity index (χ1) is 8.61. The van der Waals surface area contributed by atoms with E-state index < -0.39 is 0 Å². The Morgan fingerprint density at radius 3 is 2.21 bits per heavy atom. The van der Waals surface area contributed by atoms with Crippen molar-refractivity contribution in [3.05, 3.63) is 0 Å². The fraction of sp³-hybridized carbons (Fsp3) is 0.933. The number of rotatable bonds is 4. The molecule has 2 N–H and O–H groups in total. The molecular weight excluding hydrogens is 238 g/mol. The van der Waals surface area contributed by atoms with Gasteiger partial charge >= 0.3 is 0 Å².